The standard InChI is InChI=1S/C20H26BrN3/c21-19-9-2-3-10-20(19)23-12-11-22-16-17-7-6-8-18(15-17)24-13-4-1-5-14-24/h2-3,6-10,15,22-23H,1,4-5,11-14,16H2. The van der Waals surface area contributed by atoms with Gasteiger partial charge in [-0.3, -0.25) is 0 Å². The lowest BCUT2D eigenvalue weighted by molar-refractivity contribution is 0.577. The van der Waals surface area contributed by atoms with Crippen molar-refractivity contribution >= 4 is 27.3 Å². The quantitative estimate of drug-likeness (QED) is 0.677. The molecular formula is C20H26BrN3. The minimum Gasteiger partial charge on any atom is -0.383 e. The lowest BCUT2D eigenvalue weighted by Gasteiger charge is -2.29. The molecule has 3 nitrogen and oxygen atoms in total. The Morgan fingerprint density at radius 2 is 1.75 bits per heavy atom. The second kappa shape index (κ2) is 9.09. The minimum absolute atomic E-state index is 0.911. The zero-order valence-corrected chi connectivity index (χ0v) is 15.7. The lowest BCUT2D eigenvalue weighted by Crippen LogP contribution is -2.29. The SMILES string of the molecule is Brc1ccccc1NCCNCc1cccc(N2CCCCC2)c1. The molecule has 0 amide bonds. The van der Waals surface area contributed by atoms with Crippen LogP contribution < -0.4 is 15.5 Å². The summed E-state index contributed by atoms with van der Waals surface area (Å²) in [6.07, 6.45) is 4.02. The van der Waals surface area contributed by atoms with Crippen molar-refractivity contribution in [2.24, 2.45) is 0 Å². The number of nitrogens with zero attached hydrogens (tertiary/aromatic N) is 1. The first-order valence-corrected chi connectivity index (χ1v) is 9.65. The minimum atomic E-state index is 0.911. The van der Waals surface area contributed by atoms with E-state index in [1.165, 1.54) is 43.6 Å². The molecule has 3 rings (SSSR count). The van der Waals surface area contributed by atoms with E-state index < -0.39 is 0 Å². The van der Waals surface area contributed by atoms with Crippen molar-refractivity contribution in [3.63, 3.8) is 0 Å². The molecule has 2 aromatic rings. The summed E-state index contributed by atoms with van der Waals surface area (Å²) in [6, 6.07) is 17.2. The van der Waals surface area contributed by atoms with Crippen LogP contribution in [-0.2, 0) is 6.54 Å². The van der Waals surface area contributed by atoms with Gasteiger partial charge in [-0.2, -0.15) is 0 Å². The molecule has 1 aliphatic heterocycles. The Balaban J connectivity index is 1.42. The molecule has 0 saturated carbocycles. The third kappa shape index (κ3) is 4.99. The van der Waals surface area contributed by atoms with Gasteiger partial charge < -0.3 is 15.5 Å². The van der Waals surface area contributed by atoms with Crippen molar-refractivity contribution in [3.05, 3.63) is 58.6 Å². The zero-order chi connectivity index (χ0) is 16.6. The zero-order valence-electron chi connectivity index (χ0n) is 14.1. The van der Waals surface area contributed by atoms with Crippen LogP contribution in [-0.4, -0.2) is 26.2 Å². The third-order valence-electron chi connectivity index (χ3n) is 4.45. The molecule has 1 aliphatic rings. The van der Waals surface area contributed by atoms with Crippen LogP contribution in [0.25, 0.3) is 0 Å². The average Bonchev–Trinajstić information content (AvgIpc) is 2.64. The number of hydrogen-bond donors (Lipinski definition) is 2. The van der Waals surface area contributed by atoms with Crippen molar-refractivity contribution in [2.45, 2.75) is 25.8 Å². The van der Waals surface area contributed by atoms with E-state index in [1.54, 1.807) is 0 Å². The van der Waals surface area contributed by atoms with E-state index in [2.05, 4.69) is 67.9 Å². The smallest absolute Gasteiger partial charge is 0.0485 e. The van der Waals surface area contributed by atoms with E-state index in [9.17, 15) is 0 Å². The summed E-state index contributed by atoms with van der Waals surface area (Å²) in [5.41, 5.74) is 3.88. The Kier molecular flexibility index (Phi) is 6.56. The summed E-state index contributed by atoms with van der Waals surface area (Å²) in [5.74, 6) is 0. The fourth-order valence-electron chi connectivity index (χ4n) is 3.14. The highest BCUT2D eigenvalue weighted by Gasteiger charge is 2.10. The summed E-state index contributed by atoms with van der Waals surface area (Å²) in [7, 11) is 0. The van der Waals surface area contributed by atoms with Gasteiger partial charge in [0.05, 0.1) is 0 Å². The first kappa shape index (κ1) is 17.3. The van der Waals surface area contributed by atoms with Crippen LogP contribution in [0.15, 0.2) is 53.0 Å². The van der Waals surface area contributed by atoms with E-state index in [0.717, 1.165) is 29.8 Å². The Hall–Kier alpha value is -1.52. The molecule has 128 valence electrons. The Morgan fingerprint density at radius 3 is 2.58 bits per heavy atom. The van der Waals surface area contributed by atoms with Gasteiger partial charge in [-0.15, -0.1) is 0 Å². The summed E-state index contributed by atoms with van der Waals surface area (Å²) >= 11 is 3.56. The van der Waals surface area contributed by atoms with Gasteiger partial charge in [0.1, 0.15) is 0 Å². The molecule has 1 heterocycles. The van der Waals surface area contributed by atoms with Crippen molar-refractivity contribution < 1.29 is 0 Å². The van der Waals surface area contributed by atoms with Gasteiger partial charge in [0, 0.05) is 48.6 Å². The molecule has 0 atom stereocenters. The molecule has 24 heavy (non-hydrogen) atoms. The molecule has 2 aromatic carbocycles. The molecule has 0 radical (unpaired) electrons. The molecule has 2 N–H and O–H groups in total. The van der Waals surface area contributed by atoms with Gasteiger partial charge in [0.25, 0.3) is 0 Å². The van der Waals surface area contributed by atoms with Crippen LogP contribution in [0.3, 0.4) is 0 Å². The molecule has 0 bridgehead atoms. The van der Waals surface area contributed by atoms with Gasteiger partial charge >= 0.3 is 0 Å². The van der Waals surface area contributed by atoms with E-state index in [4.69, 9.17) is 0 Å². The van der Waals surface area contributed by atoms with Crippen molar-refractivity contribution in [1.82, 2.24) is 5.32 Å². The van der Waals surface area contributed by atoms with Crippen molar-refractivity contribution in [2.75, 3.05) is 36.4 Å². The molecule has 4 heteroatoms. The Bertz CT molecular complexity index is 638. The second-order valence-corrected chi connectivity index (χ2v) is 7.16. The fourth-order valence-corrected chi connectivity index (χ4v) is 3.56. The molecule has 0 aromatic heterocycles. The van der Waals surface area contributed by atoms with Crippen molar-refractivity contribution in [3.8, 4) is 0 Å². The molecule has 1 saturated heterocycles. The number of hydrogen-bond acceptors (Lipinski definition) is 3. The molecular weight excluding hydrogens is 362 g/mol. The van der Waals surface area contributed by atoms with Gasteiger partial charge in [0.2, 0.25) is 0 Å². The maximum absolute atomic E-state index is 3.56. The van der Waals surface area contributed by atoms with Gasteiger partial charge in [-0.1, -0.05) is 24.3 Å². The van der Waals surface area contributed by atoms with Gasteiger partial charge in [-0.05, 0) is 65.0 Å². The van der Waals surface area contributed by atoms with Crippen LogP contribution in [0.4, 0.5) is 11.4 Å². The van der Waals surface area contributed by atoms with E-state index in [0.29, 0.717) is 0 Å². The first-order valence-electron chi connectivity index (χ1n) is 8.86. The number of anilines is 2. The van der Waals surface area contributed by atoms with Crippen LogP contribution >= 0.6 is 15.9 Å². The number of rotatable bonds is 7. The second-order valence-electron chi connectivity index (χ2n) is 6.30. The number of nitrogens with one attached hydrogen (secondary N) is 2. The van der Waals surface area contributed by atoms with Gasteiger partial charge in [-0.25, -0.2) is 0 Å². The van der Waals surface area contributed by atoms with Gasteiger partial charge in [0.15, 0.2) is 0 Å². The number of halogens is 1. The molecule has 1 fully saturated rings. The predicted octanol–water partition coefficient (Wildman–Crippen LogP) is 4.64. The highest BCUT2D eigenvalue weighted by Crippen LogP contribution is 2.21. The highest BCUT2D eigenvalue weighted by molar-refractivity contribution is 9.10. The fraction of sp³-hybridized carbons (Fsp3) is 0.400. The predicted molar refractivity (Wildman–Crippen MR) is 107 cm³/mol. The first-order chi connectivity index (χ1) is 11.8. The van der Waals surface area contributed by atoms with Crippen LogP contribution in [0.1, 0.15) is 24.8 Å². The molecule has 0 unspecified atom stereocenters. The van der Waals surface area contributed by atoms with E-state index >= 15 is 0 Å². The average molecular weight is 388 g/mol. The topological polar surface area (TPSA) is 27.3 Å². The lowest BCUT2D eigenvalue weighted by atomic mass is 10.1. The van der Waals surface area contributed by atoms with Crippen LogP contribution in [0.5, 0.6) is 0 Å². The number of benzene rings is 2. The monoisotopic (exact) mass is 387 g/mol. The third-order valence-corrected chi connectivity index (χ3v) is 5.14. The summed E-state index contributed by atoms with van der Waals surface area (Å²) in [4.78, 5) is 2.52. The van der Waals surface area contributed by atoms with E-state index in [-0.39, 0.29) is 0 Å². The molecule has 0 spiro atoms. The summed E-state index contributed by atoms with van der Waals surface area (Å²) < 4.78 is 1.11. The molecule has 0 aliphatic carbocycles. The number of para-hydroxylation sites is 1. The summed E-state index contributed by atoms with van der Waals surface area (Å²) in [6.45, 7) is 5.17. The largest absolute Gasteiger partial charge is 0.383 e. The maximum Gasteiger partial charge on any atom is 0.0485 e. The Labute approximate surface area is 153 Å². The van der Waals surface area contributed by atoms with Crippen LogP contribution in [0, 0.1) is 0 Å². The van der Waals surface area contributed by atoms with Crippen molar-refractivity contribution in [1.29, 1.82) is 0 Å². The highest BCUT2D eigenvalue weighted by atomic mass is 79.9. The number of piperidine rings is 1. The van der Waals surface area contributed by atoms with Crippen LogP contribution in [0.2, 0.25) is 0 Å². The normalized spacial score (nSPS) is 14.6. The Morgan fingerprint density at radius 1 is 0.917 bits per heavy atom. The maximum atomic E-state index is 3.56. The van der Waals surface area contributed by atoms with E-state index in [1.807, 2.05) is 12.1 Å². The summed E-state index contributed by atoms with van der Waals surface area (Å²) in [5, 5.41) is 6.97.